The lowest BCUT2D eigenvalue weighted by Crippen LogP contribution is -2.30. The van der Waals surface area contributed by atoms with E-state index >= 15 is 0 Å². The van der Waals surface area contributed by atoms with E-state index in [2.05, 4.69) is 27.7 Å². The van der Waals surface area contributed by atoms with Gasteiger partial charge in [-0.05, 0) is 44.0 Å². The third-order valence-corrected chi connectivity index (χ3v) is 5.22. The van der Waals surface area contributed by atoms with E-state index in [1.807, 2.05) is 37.3 Å². The van der Waals surface area contributed by atoms with E-state index in [1.54, 1.807) is 14.2 Å². The summed E-state index contributed by atoms with van der Waals surface area (Å²) >= 11 is 0. The highest BCUT2D eigenvalue weighted by molar-refractivity contribution is 5.91. The van der Waals surface area contributed by atoms with Crippen molar-refractivity contribution in [3.05, 3.63) is 48.0 Å². The minimum absolute atomic E-state index is 0.00109. The number of rotatable bonds is 9. The molecule has 2 aromatic carbocycles. The summed E-state index contributed by atoms with van der Waals surface area (Å²) in [5.74, 6) is 1.43. The van der Waals surface area contributed by atoms with Crippen molar-refractivity contribution in [2.24, 2.45) is 0 Å². The lowest BCUT2D eigenvalue weighted by molar-refractivity contribution is -0.116. The van der Waals surface area contributed by atoms with Crippen LogP contribution in [0.25, 0.3) is 0 Å². The van der Waals surface area contributed by atoms with Crippen LogP contribution in [0.4, 0.5) is 11.4 Å². The van der Waals surface area contributed by atoms with Gasteiger partial charge < -0.3 is 25.0 Å². The molecule has 0 radical (unpaired) electrons. The van der Waals surface area contributed by atoms with Gasteiger partial charge in [0.05, 0.1) is 14.2 Å². The largest absolute Gasteiger partial charge is 0.493 e. The number of hydrogen-bond donors (Lipinski definition) is 2. The van der Waals surface area contributed by atoms with Crippen LogP contribution < -0.4 is 25.0 Å². The summed E-state index contributed by atoms with van der Waals surface area (Å²) in [6.07, 6.45) is 2.86. The molecule has 1 atom stereocenters. The van der Waals surface area contributed by atoms with Crippen LogP contribution in [0.2, 0.25) is 0 Å². The van der Waals surface area contributed by atoms with Crippen LogP contribution in [0.15, 0.2) is 42.5 Å². The molecular formula is C23H31N3O3. The summed E-state index contributed by atoms with van der Waals surface area (Å²) < 4.78 is 10.8. The first-order valence-electron chi connectivity index (χ1n) is 10.2. The van der Waals surface area contributed by atoms with Crippen molar-refractivity contribution in [1.29, 1.82) is 0 Å². The van der Waals surface area contributed by atoms with Gasteiger partial charge in [0.2, 0.25) is 5.91 Å². The molecule has 156 valence electrons. The number of anilines is 2. The molecule has 29 heavy (non-hydrogen) atoms. The number of benzene rings is 2. The fourth-order valence-corrected chi connectivity index (χ4v) is 3.70. The van der Waals surface area contributed by atoms with E-state index < -0.39 is 0 Å². The number of carbonyl (C=O) groups excluding carboxylic acids is 1. The van der Waals surface area contributed by atoms with Crippen molar-refractivity contribution in [3.63, 3.8) is 0 Å². The smallest absolute Gasteiger partial charge is 0.225 e. The Morgan fingerprint density at radius 1 is 1.10 bits per heavy atom. The summed E-state index contributed by atoms with van der Waals surface area (Å²) in [5.41, 5.74) is 3.02. The Labute approximate surface area is 173 Å². The third kappa shape index (κ3) is 5.64. The van der Waals surface area contributed by atoms with E-state index in [0.29, 0.717) is 18.7 Å². The summed E-state index contributed by atoms with van der Waals surface area (Å²) in [5, 5.41) is 6.42. The second-order valence-corrected chi connectivity index (χ2v) is 7.43. The molecule has 2 aromatic rings. The lowest BCUT2D eigenvalue weighted by atomic mass is 10.1. The summed E-state index contributed by atoms with van der Waals surface area (Å²) in [6, 6.07) is 13.9. The molecule has 1 aliphatic rings. The zero-order valence-corrected chi connectivity index (χ0v) is 17.5. The molecule has 6 nitrogen and oxygen atoms in total. The molecule has 0 aromatic heterocycles. The predicted molar refractivity (Wildman–Crippen MR) is 117 cm³/mol. The quantitative estimate of drug-likeness (QED) is 0.674. The van der Waals surface area contributed by atoms with Crippen molar-refractivity contribution >= 4 is 17.3 Å². The fraction of sp³-hybridized carbons (Fsp3) is 0.435. The second kappa shape index (κ2) is 10.2. The minimum Gasteiger partial charge on any atom is -0.493 e. The van der Waals surface area contributed by atoms with Gasteiger partial charge in [0.25, 0.3) is 0 Å². The molecule has 0 saturated carbocycles. The Morgan fingerprint density at radius 2 is 1.86 bits per heavy atom. The van der Waals surface area contributed by atoms with E-state index in [0.717, 1.165) is 30.1 Å². The van der Waals surface area contributed by atoms with Gasteiger partial charge in [-0.25, -0.2) is 0 Å². The predicted octanol–water partition coefficient (Wildman–Crippen LogP) is 3.81. The van der Waals surface area contributed by atoms with Gasteiger partial charge in [0.15, 0.2) is 11.5 Å². The standard InChI is InChI=1S/C23H31N3O3/c1-17(24-16-18-8-6-11-21(28-2)23(18)29-3)14-22(27)25-19-9-7-10-20(15-19)26-12-4-5-13-26/h6-11,15,17,24H,4-5,12-14,16H2,1-3H3,(H,25,27). The molecule has 3 rings (SSSR count). The van der Waals surface area contributed by atoms with Crippen LogP contribution in [0.3, 0.4) is 0 Å². The van der Waals surface area contributed by atoms with Crippen molar-refractivity contribution in [2.45, 2.75) is 38.8 Å². The average Bonchev–Trinajstić information content (AvgIpc) is 3.27. The monoisotopic (exact) mass is 397 g/mol. The van der Waals surface area contributed by atoms with E-state index in [-0.39, 0.29) is 11.9 Å². The number of amides is 1. The fourth-order valence-electron chi connectivity index (χ4n) is 3.70. The van der Waals surface area contributed by atoms with Crippen LogP contribution >= 0.6 is 0 Å². The van der Waals surface area contributed by atoms with Crippen molar-refractivity contribution in [1.82, 2.24) is 5.32 Å². The summed E-state index contributed by atoms with van der Waals surface area (Å²) in [7, 11) is 3.26. The molecule has 6 heteroatoms. The first-order chi connectivity index (χ1) is 14.1. The SMILES string of the molecule is COc1cccc(CNC(C)CC(=O)Nc2cccc(N3CCCC3)c2)c1OC. The van der Waals surface area contributed by atoms with Crippen LogP contribution in [-0.4, -0.2) is 39.3 Å². The van der Waals surface area contributed by atoms with Crippen molar-refractivity contribution in [3.8, 4) is 11.5 Å². The molecule has 1 unspecified atom stereocenters. The maximum Gasteiger partial charge on any atom is 0.225 e. The first-order valence-corrected chi connectivity index (χ1v) is 10.2. The number of methoxy groups -OCH3 is 2. The number of nitrogens with zero attached hydrogens (tertiary/aromatic N) is 1. The Kier molecular flexibility index (Phi) is 7.36. The third-order valence-electron chi connectivity index (χ3n) is 5.22. The molecule has 1 fully saturated rings. The molecule has 0 bridgehead atoms. The van der Waals surface area contributed by atoms with Crippen molar-refractivity contribution in [2.75, 3.05) is 37.5 Å². The molecule has 1 aliphatic heterocycles. The van der Waals surface area contributed by atoms with Gasteiger partial charge in [0, 0.05) is 49.0 Å². The van der Waals surface area contributed by atoms with Crippen molar-refractivity contribution < 1.29 is 14.3 Å². The van der Waals surface area contributed by atoms with E-state index in [4.69, 9.17) is 9.47 Å². The summed E-state index contributed by atoms with van der Waals surface area (Å²) in [6.45, 7) is 4.78. The number of ether oxygens (including phenoxy) is 2. The molecule has 1 amide bonds. The molecule has 2 N–H and O–H groups in total. The average molecular weight is 398 g/mol. The summed E-state index contributed by atoms with van der Waals surface area (Å²) in [4.78, 5) is 14.8. The molecular weight excluding hydrogens is 366 g/mol. The number of nitrogens with one attached hydrogen (secondary N) is 2. The zero-order chi connectivity index (χ0) is 20.6. The van der Waals surface area contributed by atoms with Gasteiger partial charge in [-0.2, -0.15) is 0 Å². The maximum absolute atomic E-state index is 12.5. The van der Waals surface area contributed by atoms with Gasteiger partial charge in [-0.1, -0.05) is 18.2 Å². The number of para-hydroxylation sites is 1. The molecule has 0 aliphatic carbocycles. The Bertz CT molecular complexity index is 819. The minimum atomic E-state index is 0.00109. The highest BCUT2D eigenvalue weighted by atomic mass is 16.5. The highest BCUT2D eigenvalue weighted by Crippen LogP contribution is 2.30. The molecule has 1 saturated heterocycles. The number of hydrogen-bond acceptors (Lipinski definition) is 5. The van der Waals surface area contributed by atoms with E-state index in [9.17, 15) is 4.79 Å². The van der Waals surface area contributed by atoms with Crippen LogP contribution in [0.5, 0.6) is 11.5 Å². The van der Waals surface area contributed by atoms with Crippen LogP contribution in [0, 0.1) is 0 Å². The highest BCUT2D eigenvalue weighted by Gasteiger charge is 2.15. The lowest BCUT2D eigenvalue weighted by Gasteiger charge is -2.19. The van der Waals surface area contributed by atoms with E-state index in [1.165, 1.54) is 18.5 Å². The Balaban J connectivity index is 1.52. The maximum atomic E-state index is 12.5. The normalized spacial score (nSPS) is 14.5. The Hall–Kier alpha value is -2.73. The topological polar surface area (TPSA) is 62.8 Å². The van der Waals surface area contributed by atoms with Gasteiger partial charge in [-0.3, -0.25) is 4.79 Å². The van der Waals surface area contributed by atoms with Gasteiger partial charge in [-0.15, -0.1) is 0 Å². The zero-order valence-electron chi connectivity index (χ0n) is 17.5. The Morgan fingerprint density at radius 3 is 2.59 bits per heavy atom. The second-order valence-electron chi connectivity index (χ2n) is 7.43. The molecule has 1 heterocycles. The van der Waals surface area contributed by atoms with Gasteiger partial charge in [0.1, 0.15) is 0 Å². The van der Waals surface area contributed by atoms with Crippen LogP contribution in [0.1, 0.15) is 31.7 Å². The number of carbonyl (C=O) groups is 1. The molecule has 0 spiro atoms. The van der Waals surface area contributed by atoms with Gasteiger partial charge >= 0.3 is 0 Å². The van der Waals surface area contributed by atoms with Crippen LogP contribution in [-0.2, 0) is 11.3 Å². The first kappa shape index (κ1) is 21.0.